The number of hydrogen-bond donors (Lipinski definition) is 0. The Morgan fingerprint density at radius 3 is 0.867 bits per heavy atom. The molecule has 0 aromatic carbocycles. The van der Waals surface area contributed by atoms with E-state index in [-0.39, 0.29) is 0 Å². The molecule has 0 bridgehead atoms. The number of alkyl halides is 1. The van der Waals surface area contributed by atoms with Gasteiger partial charge in [-0.1, -0.05) is 22.6 Å². The lowest BCUT2D eigenvalue weighted by atomic mass is 10.6. The predicted molar refractivity (Wildman–Crippen MR) is 124 cm³/mol. The summed E-state index contributed by atoms with van der Waals surface area (Å²) in [7, 11) is 4.05. The summed E-state index contributed by atoms with van der Waals surface area (Å²) in [5.74, 6) is 0. The maximum Gasteiger partial charge on any atom is 0.0701 e. The van der Waals surface area contributed by atoms with Crippen LogP contribution in [0.5, 0.6) is 0 Å². The molecule has 0 spiro atoms. The zero-order valence-corrected chi connectivity index (χ0v) is 21.0. The molecular formula is C20H42INO8. The monoisotopic (exact) mass is 551 g/mol. The summed E-state index contributed by atoms with van der Waals surface area (Å²) in [5.41, 5.74) is 0. The number of nitrogens with zero attached hydrogens (tertiary/aromatic N) is 1. The molecule has 0 aromatic heterocycles. The van der Waals surface area contributed by atoms with Crippen molar-refractivity contribution in [3.63, 3.8) is 0 Å². The standard InChI is InChI=1S/C20H42INO8/c1-22(2)4-6-24-8-10-26-12-14-28-16-18-30-20-19-29-17-15-27-13-11-25-9-7-23-5-3-21/h3-20H2,1-2H3. The first-order valence-electron chi connectivity index (χ1n) is 10.6. The Labute approximate surface area is 196 Å². The van der Waals surface area contributed by atoms with Gasteiger partial charge in [0, 0.05) is 11.0 Å². The average molecular weight is 551 g/mol. The summed E-state index contributed by atoms with van der Waals surface area (Å²) in [6.45, 7) is 10.4. The lowest BCUT2D eigenvalue weighted by molar-refractivity contribution is -0.0229. The Kier molecular flexibility index (Phi) is 27.7. The topological polar surface area (TPSA) is 77.1 Å². The second-order valence-corrected chi connectivity index (χ2v) is 7.47. The summed E-state index contributed by atoms with van der Waals surface area (Å²) in [4.78, 5) is 2.09. The van der Waals surface area contributed by atoms with Crippen LogP contribution in [0.25, 0.3) is 0 Å². The fraction of sp³-hybridized carbons (Fsp3) is 1.00. The summed E-state index contributed by atoms with van der Waals surface area (Å²) in [6.07, 6.45) is 0. The molecule has 182 valence electrons. The van der Waals surface area contributed by atoms with Crippen molar-refractivity contribution in [2.24, 2.45) is 0 Å². The molecule has 0 rings (SSSR count). The van der Waals surface area contributed by atoms with Crippen molar-refractivity contribution in [3.05, 3.63) is 0 Å². The largest absolute Gasteiger partial charge is 0.378 e. The van der Waals surface area contributed by atoms with Gasteiger partial charge in [0.2, 0.25) is 0 Å². The Hall–Kier alpha value is 0.370. The predicted octanol–water partition coefficient (Wildman–Crippen LogP) is 1.12. The normalized spacial score (nSPS) is 11.6. The Balaban J connectivity index is 2.99. The van der Waals surface area contributed by atoms with Crippen LogP contribution in [0.4, 0.5) is 0 Å². The molecule has 0 aromatic rings. The molecule has 0 amide bonds. The van der Waals surface area contributed by atoms with E-state index in [0.717, 1.165) is 24.2 Å². The summed E-state index contributed by atoms with van der Waals surface area (Å²) >= 11 is 2.28. The van der Waals surface area contributed by atoms with E-state index in [0.29, 0.717) is 92.5 Å². The molecule has 0 aliphatic carbocycles. The molecule has 0 aliphatic rings. The molecule has 0 saturated heterocycles. The average Bonchev–Trinajstić information content (AvgIpc) is 2.73. The van der Waals surface area contributed by atoms with Crippen LogP contribution in [0.2, 0.25) is 0 Å². The van der Waals surface area contributed by atoms with Crippen molar-refractivity contribution in [1.82, 2.24) is 4.90 Å². The molecule has 30 heavy (non-hydrogen) atoms. The SMILES string of the molecule is CN(C)CCOCCOCCOCCOCCOCCOCCOCCOCCI. The van der Waals surface area contributed by atoms with Gasteiger partial charge in [-0.25, -0.2) is 0 Å². The third kappa shape index (κ3) is 28.4. The van der Waals surface area contributed by atoms with Gasteiger partial charge in [-0.15, -0.1) is 0 Å². The number of rotatable bonds is 26. The van der Waals surface area contributed by atoms with Crippen molar-refractivity contribution < 1.29 is 37.9 Å². The van der Waals surface area contributed by atoms with Gasteiger partial charge in [0.15, 0.2) is 0 Å². The highest BCUT2D eigenvalue weighted by Crippen LogP contribution is 1.86. The minimum atomic E-state index is 0.546. The van der Waals surface area contributed by atoms with Crippen LogP contribution in [-0.4, -0.2) is 136 Å². The third-order valence-electron chi connectivity index (χ3n) is 3.51. The van der Waals surface area contributed by atoms with E-state index in [4.69, 9.17) is 37.9 Å². The van der Waals surface area contributed by atoms with Crippen LogP contribution in [0.1, 0.15) is 0 Å². The van der Waals surface area contributed by atoms with Crippen molar-refractivity contribution in [3.8, 4) is 0 Å². The fourth-order valence-corrected chi connectivity index (χ4v) is 2.25. The van der Waals surface area contributed by atoms with E-state index < -0.39 is 0 Å². The second kappa shape index (κ2) is 27.4. The first-order valence-corrected chi connectivity index (χ1v) is 12.1. The fourth-order valence-electron chi connectivity index (χ4n) is 1.94. The van der Waals surface area contributed by atoms with Gasteiger partial charge in [0.1, 0.15) is 0 Å². The molecule has 10 heteroatoms. The van der Waals surface area contributed by atoms with Crippen LogP contribution in [-0.2, 0) is 37.9 Å². The van der Waals surface area contributed by atoms with E-state index in [1.807, 2.05) is 14.1 Å². The van der Waals surface area contributed by atoms with Crippen LogP contribution >= 0.6 is 22.6 Å². The van der Waals surface area contributed by atoms with Crippen molar-refractivity contribution >= 4 is 22.6 Å². The maximum absolute atomic E-state index is 5.44. The molecule has 0 unspecified atom stereocenters. The quantitative estimate of drug-likeness (QED) is 0.0893. The van der Waals surface area contributed by atoms with Crippen LogP contribution < -0.4 is 0 Å². The van der Waals surface area contributed by atoms with Crippen LogP contribution in [0, 0.1) is 0 Å². The molecule has 0 atom stereocenters. The van der Waals surface area contributed by atoms with E-state index in [1.165, 1.54) is 0 Å². The van der Waals surface area contributed by atoms with Gasteiger partial charge >= 0.3 is 0 Å². The van der Waals surface area contributed by atoms with Crippen LogP contribution in [0.15, 0.2) is 0 Å². The zero-order valence-electron chi connectivity index (χ0n) is 18.8. The lowest BCUT2D eigenvalue weighted by Gasteiger charge is -2.10. The molecule has 0 fully saturated rings. The van der Waals surface area contributed by atoms with Gasteiger partial charge < -0.3 is 42.8 Å². The number of likely N-dealkylation sites (N-methyl/N-ethyl adjacent to an activating group) is 1. The Bertz CT molecular complexity index is 317. The zero-order chi connectivity index (χ0) is 22.0. The number of hydrogen-bond acceptors (Lipinski definition) is 9. The molecule has 0 aliphatic heterocycles. The lowest BCUT2D eigenvalue weighted by Crippen LogP contribution is -2.19. The van der Waals surface area contributed by atoms with Gasteiger partial charge in [0.25, 0.3) is 0 Å². The van der Waals surface area contributed by atoms with Crippen molar-refractivity contribution in [1.29, 1.82) is 0 Å². The molecular weight excluding hydrogens is 509 g/mol. The maximum atomic E-state index is 5.44. The summed E-state index contributed by atoms with van der Waals surface area (Å²) < 4.78 is 44.3. The highest BCUT2D eigenvalue weighted by Gasteiger charge is 1.95. The third-order valence-corrected chi connectivity index (χ3v) is 3.95. The summed E-state index contributed by atoms with van der Waals surface area (Å²) in [6, 6.07) is 0. The first-order chi connectivity index (χ1) is 14.8. The number of halogens is 1. The smallest absolute Gasteiger partial charge is 0.0701 e. The second-order valence-electron chi connectivity index (χ2n) is 6.39. The van der Waals surface area contributed by atoms with E-state index in [9.17, 15) is 0 Å². The highest BCUT2D eigenvalue weighted by atomic mass is 127. The number of ether oxygens (including phenoxy) is 8. The van der Waals surface area contributed by atoms with E-state index >= 15 is 0 Å². The summed E-state index contributed by atoms with van der Waals surface area (Å²) in [5, 5.41) is 0. The van der Waals surface area contributed by atoms with E-state index in [1.54, 1.807) is 0 Å². The first kappa shape index (κ1) is 30.4. The van der Waals surface area contributed by atoms with Crippen LogP contribution in [0.3, 0.4) is 0 Å². The highest BCUT2D eigenvalue weighted by molar-refractivity contribution is 14.1. The van der Waals surface area contributed by atoms with Gasteiger partial charge in [-0.2, -0.15) is 0 Å². The molecule has 0 N–H and O–H groups in total. The molecule has 0 saturated carbocycles. The molecule has 0 radical (unpaired) electrons. The van der Waals surface area contributed by atoms with Crippen molar-refractivity contribution in [2.75, 3.05) is 131 Å². The van der Waals surface area contributed by atoms with Gasteiger partial charge in [0.05, 0.1) is 106 Å². The van der Waals surface area contributed by atoms with Gasteiger partial charge in [-0.05, 0) is 14.1 Å². The minimum absolute atomic E-state index is 0.546. The molecule has 9 nitrogen and oxygen atoms in total. The minimum Gasteiger partial charge on any atom is -0.378 e. The van der Waals surface area contributed by atoms with E-state index in [2.05, 4.69) is 27.5 Å². The van der Waals surface area contributed by atoms with Crippen molar-refractivity contribution in [2.45, 2.75) is 0 Å². The Morgan fingerprint density at radius 2 is 0.633 bits per heavy atom. The van der Waals surface area contributed by atoms with Gasteiger partial charge in [-0.3, -0.25) is 0 Å². The molecule has 0 heterocycles. The Morgan fingerprint density at radius 1 is 0.400 bits per heavy atom.